The number of urea groups is 1. The van der Waals surface area contributed by atoms with Crippen molar-refractivity contribution in [1.29, 1.82) is 0 Å². The van der Waals surface area contributed by atoms with E-state index in [-0.39, 0.29) is 23.8 Å². The zero-order valence-electron chi connectivity index (χ0n) is 25.3. The molecule has 1 atom stereocenters. The van der Waals surface area contributed by atoms with Gasteiger partial charge in [0.2, 0.25) is 5.91 Å². The van der Waals surface area contributed by atoms with Crippen LogP contribution in [-0.2, 0) is 11.3 Å². The molecule has 226 valence electrons. The molecule has 0 unspecified atom stereocenters. The second kappa shape index (κ2) is 12.9. The molecule has 1 aromatic heterocycles. The summed E-state index contributed by atoms with van der Waals surface area (Å²) in [6.07, 6.45) is 8.98. The minimum atomic E-state index is -0.611. The van der Waals surface area contributed by atoms with Gasteiger partial charge in [0, 0.05) is 22.7 Å². The Balaban J connectivity index is 1.45. The number of hydrogen-bond acceptors (Lipinski definition) is 5. The topological polar surface area (TPSA) is 104 Å². The first-order valence-electron chi connectivity index (χ1n) is 15.5. The number of nitrogens with zero attached hydrogens (tertiary/aromatic N) is 3. The van der Waals surface area contributed by atoms with Crippen molar-refractivity contribution < 1.29 is 14.0 Å². The van der Waals surface area contributed by atoms with Crippen LogP contribution >= 0.6 is 0 Å². The van der Waals surface area contributed by atoms with Crippen LogP contribution < -0.4 is 16.0 Å². The van der Waals surface area contributed by atoms with Crippen molar-refractivity contribution in [1.82, 2.24) is 5.01 Å². The predicted octanol–water partition coefficient (Wildman–Crippen LogP) is 7.93. The lowest BCUT2D eigenvalue weighted by Crippen LogP contribution is -2.39. The summed E-state index contributed by atoms with van der Waals surface area (Å²) >= 11 is 0. The second-order valence-corrected chi connectivity index (χ2v) is 12.0. The lowest BCUT2D eigenvalue weighted by atomic mass is 9.82. The predicted molar refractivity (Wildman–Crippen MR) is 175 cm³/mol. The molecule has 6 rings (SSSR count). The van der Waals surface area contributed by atoms with E-state index in [2.05, 4.69) is 11.4 Å². The Kier molecular flexibility index (Phi) is 8.61. The molecule has 8 heteroatoms. The van der Waals surface area contributed by atoms with Gasteiger partial charge in [0.1, 0.15) is 0 Å². The minimum absolute atomic E-state index is 0.0152. The van der Waals surface area contributed by atoms with Crippen molar-refractivity contribution in [3.8, 4) is 11.1 Å². The average Bonchev–Trinajstić information content (AvgIpc) is 3.56. The third-order valence-corrected chi connectivity index (χ3v) is 8.59. The van der Waals surface area contributed by atoms with Gasteiger partial charge in [-0.15, -0.1) is 0 Å². The van der Waals surface area contributed by atoms with Crippen LogP contribution in [-0.4, -0.2) is 28.7 Å². The number of carbonyl (C=O) groups excluding carboxylic acids is 2. The van der Waals surface area contributed by atoms with E-state index in [1.807, 2.05) is 86.6 Å². The van der Waals surface area contributed by atoms with Gasteiger partial charge in [0.25, 0.3) is 0 Å². The number of hydrazone groups is 1. The van der Waals surface area contributed by atoms with Gasteiger partial charge in [-0.1, -0.05) is 69.5 Å². The fourth-order valence-corrected chi connectivity index (χ4v) is 6.00. The van der Waals surface area contributed by atoms with E-state index in [1.54, 1.807) is 22.4 Å². The van der Waals surface area contributed by atoms with Crippen molar-refractivity contribution in [2.75, 3.05) is 10.2 Å². The van der Waals surface area contributed by atoms with E-state index in [0.717, 1.165) is 59.3 Å². The summed E-state index contributed by atoms with van der Waals surface area (Å²) in [5, 5.41) is 9.68. The van der Waals surface area contributed by atoms with Crippen molar-refractivity contribution >= 4 is 34.7 Å². The quantitative estimate of drug-likeness (QED) is 0.218. The number of nitrogens with two attached hydrogens (primary N) is 1. The Hall–Kier alpha value is -4.69. The zero-order chi connectivity index (χ0) is 30.6. The lowest BCUT2D eigenvalue weighted by Gasteiger charge is -2.27. The Labute approximate surface area is 258 Å². The van der Waals surface area contributed by atoms with E-state index in [0.29, 0.717) is 17.9 Å². The van der Waals surface area contributed by atoms with Crippen LogP contribution in [0.5, 0.6) is 0 Å². The first-order valence-corrected chi connectivity index (χ1v) is 15.5. The minimum Gasteiger partial charge on any atom is -0.472 e. The summed E-state index contributed by atoms with van der Waals surface area (Å²) in [6.45, 7) is 4.17. The van der Waals surface area contributed by atoms with Crippen molar-refractivity contribution in [3.05, 3.63) is 103 Å². The highest BCUT2D eigenvalue weighted by Gasteiger charge is 2.34. The van der Waals surface area contributed by atoms with Crippen molar-refractivity contribution in [2.24, 2.45) is 22.7 Å². The van der Waals surface area contributed by atoms with Gasteiger partial charge in [-0.2, -0.15) is 5.10 Å². The third-order valence-electron chi connectivity index (χ3n) is 8.59. The van der Waals surface area contributed by atoms with Crippen molar-refractivity contribution in [3.63, 3.8) is 0 Å². The molecule has 3 aromatic carbocycles. The SMILES string of the molecule is CC(C)[C@@H](N)C(=O)Nc1ccc(N2C(=O)N(Cc3ccccc3)N=C(C3CCCCC3)c3cc(-c4ccoc4)ccc32)cc1. The molecule has 0 saturated heterocycles. The van der Waals surface area contributed by atoms with E-state index in [9.17, 15) is 9.59 Å². The molecule has 2 heterocycles. The highest BCUT2D eigenvalue weighted by molar-refractivity contribution is 6.14. The van der Waals surface area contributed by atoms with Crippen molar-refractivity contribution in [2.45, 2.75) is 58.5 Å². The second-order valence-electron chi connectivity index (χ2n) is 12.0. The van der Waals surface area contributed by atoms with Crippen LogP contribution in [0, 0.1) is 11.8 Å². The van der Waals surface area contributed by atoms with Crippen LogP contribution in [0.25, 0.3) is 11.1 Å². The highest BCUT2D eigenvalue weighted by Crippen LogP contribution is 2.40. The van der Waals surface area contributed by atoms with Crippen LogP contribution in [0.4, 0.5) is 21.9 Å². The summed E-state index contributed by atoms with van der Waals surface area (Å²) in [5.74, 6) is 0.0209. The fraction of sp³-hybridized carbons (Fsp3) is 0.306. The molecule has 2 aliphatic rings. The van der Waals surface area contributed by atoms with Gasteiger partial charge in [0.15, 0.2) is 0 Å². The maximum atomic E-state index is 14.5. The summed E-state index contributed by atoms with van der Waals surface area (Å²) in [6, 6.07) is 24.6. The summed E-state index contributed by atoms with van der Waals surface area (Å²) < 4.78 is 5.40. The number of anilines is 3. The number of hydrogen-bond donors (Lipinski definition) is 2. The summed E-state index contributed by atoms with van der Waals surface area (Å²) in [5.41, 5.74) is 13.0. The molecule has 44 heavy (non-hydrogen) atoms. The first kappa shape index (κ1) is 29.4. The molecule has 1 fully saturated rings. The molecule has 0 spiro atoms. The van der Waals surface area contributed by atoms with Crippen LogP contribution in [0.15, 0.2) is 101 Å². The average molecular weight is 590 g/mol. The smallest absolute Gasteiger partial charge is 0.349 e. The van der Waals surface area contributed by atoms with Crippen LogP contribution in [0.1, 0.15) is 57.1 Å². The van der Waals surface area contributed by atoms with Gasteiger partial charge in [-0.25, -0.2) is 9.80 Å². The first-order chi connectivity index (χ1) is 21.4. The Morgan fingerprint density at radius 1 is 0.977 bits per heavy atom. The molecular formula is C36H39N5O3. The van der Waals surface area contributed by atoms with Gasteiger partial charge in [0.05, 0.1) is 42.2 Å². The van der Waals surface area contributed by atoms with Gasteiger partial charge >= 0.3 is 6.03 Å². The maximum absolute atomic E-state index is 14.5. The standard InChI is InChI=1S/C36H39N5O3/c1-24(2)33(37)35(42)38-29-14-16-30(17-15-29)41-32-18-13-27(28-19-20-44-23-28)21-31(32)34(26-11-7-4-8-12-26)39-40(36(41)43)22-25-9-5-3-6-10-25/h3,5-6,9-10,13-21,23-24,26,33H,4,7-8,11-12,22,37H2,1-2H3,(H,38,42)/t33-/m1/s1. The summed E-state index contributed by atoms with van der Waals surface area (Å²) in [7, 11) is 0. The summed E-state index contributed by atoms with van der Waals surface area (Å²) in [4.78, 5) is 28.9. The molecule has 1 aliphatic carbocycles. The number of fused-ring (bicyclic) bond motifs is 1. The number of nitrogens with one attached hydrogen (secondary N) is 1. The number of carbonyl (C=O) groups is 2. The molecule has 1 saturated carbocycles. The van der Waals surface area contributed by atoms with Gasteiger partial charge in [-0.05, 0) is 72.4 Å². The van der Waals surface area contributed by atoms with Gasteiger partial charge < -0.3 is 15.5 Å². The van der Waals surface area contributed by atoms with Crippen LogP contribution in [0.3, 0.4) is 0 Å². The molecule has 0 radical (unpaired) electrons. The monoisotopic (exact) mass is 589 g/mol. The fourth-order valence-electron chi connectivity index (χ4n) is 6.00. The molecule has 1 aliphatic heterocycles. The molecule has 0 bridgehead atoms. The van der Waals surface area contributed by atoms with Crippen LogP contribution in [0.2, 0.25) is 0 Å². The molecule has 3 N–H and O–H groups in total. The van der Waals surface area contributed by atoms with E-state index < -0.39 is 6.04 Å². The normalized spacial score (nSPS) is 16.4. The van der Waals surface area contributed by atoms with E-state index in [1.165, 1.54) is 6.42 Å². The number of benzene rings is 3. The Morgan fingerprint density at radius 3 is 2.41 bits per heavy atom. The Morgan fingerprint density at radius 2 is 1.73 bits per heavy atom. The highest BCUT2D eigenvalue weighted by atomic mass is 16.3. The lowest BCUT2D eigenvalue weighted by molar-refractivity contribution is -0.118. The van der Waals surface area contributed by atoms with E-state index in [4.69, 9.17) is 15.3 Å². The molecule has 3 amide bonds. The molecular weight excluding hydrogens is 550 g/mol. The number of amides is 3. The zero-order valence-corrected chi connectivity index (χ0v) is 25.3. The van der Waals surface area contributed by atoms with E-state index >= 15 is 0 Å². The molecule has 8 nitrogen and oxygen atoms in total. The third kappa shape index (κ3) is 6.17. The number of furan rings is 1. The maximum Gasteiger partial charge on any atom is 0.349 e. The number of rotatable bonds is 8. The Bertz CT molecular complexity index is 1620. The van der Waals surface area contributed by atoms with Gasteiger partial charge in [-0.3, -0.25) is 9.69 Å². The molecule has 4 aromatic rings. The largest absolute Gasteiger partial charge is 0.472 e.